The van der Waals surface area contributed by atoms with E-state index < -0.39 is 17.3 Å². The van der Waals surface area contributed by atoms with Gasteiger partial charge in [0.05, 0.1) is 11.7 Å². The van der Waals surface area contributed by atoms with Crippen LogP contribution in [0, 0.1) is 17.3 Å². The Morgan fingerprint density at radius 3 is 2.56 bits per heavy atom. The second-order valence-electron chi connectivity index (χ2n) is 6.95. The molecule has 3 nitrogen and oxygen atoms in total. The van der Waals surface area contributed by atoms with E-state index in [1.807, 2.05) is 13.0 Å². The maximum atomic E-state index is 11.2. The van der Waals surface area contributed by atoms with Gasteiger partial charge in [-0.05, 0) is 44.1 Å². The maximum Gasteiger partial charge on any atom is 0.117 e. The highest BCUT2D eigenvalue weighted by atomic mass is 16.4. The largest absolute Gasteiger partial charge is 0.390 e. The molecule has 0 radical (unpaired) electrons. The van der Waals surface area contributed by atoms with Crippen LogP contribution in [0.25, 0.3) is 0 Å². The molecule has 1 unspecified atom stereocenters. The normalized spacial score (nSPS) is 59.2. The smallest absolute Gasteiger partial charge is 0.117 e. The van der Waals surface area contributed by atoms with Crippen LogP contribution in [-0.2, 0) is 0 Å². The fourth-order valence-electron chi connectivity index (χ4n) is 4.96. The van der Waals surface area contributed by atoms with Crippen LogP contribution in [0.1, 0.15) is 46.5 Å². The summed E-state index contributed by atoms with van der Waals surface area (Å²) in [4.78, 5) is 0. The van der Waals surface area contributed by atoms with Crippen molar-refractivity contribution in [2.75, 3.05) is 0 Å². The van der Waals surface area contributed by atoms with Crippen molar-refractivity contribution < 1.29 is 15.3 Å². The molecule has 0 amide bonds. The summed E-state index contributed by atoms with van der Waals surface area (Å²) in [5.41, 5.74) is -1.50. The summed E-state index contributed by atoms with van der Waals surface area (Å²) in [6, 6.07) is 0. The SMILES string of the molecule is CC1=C[C@]2(C)[C@@H](C)CC[C@@H]3C1(O)[C@@H](O)CC[C@@]32O. The monoisotopic (exact) mass is 252 g/mol. The molecule has 0 aliphatic heterocycles. The second kappa shape index (κ2) is 3.38. The molecule has 2 fully saturated rings. The standard InChI is InChI=1S/C15H24O3/c1-9-4-5-11-14(17)7-6-12(16)15(11,18)10(2)8-13(9,14)3/h8-9,11-12,16-18H,4-7H2,1-3H3/t9-,11-,12-,13+,14+,15?/m0/s1. The molecule has 0 aromatic heterocycles. The van der Waals surface area contributed by atoms with Crippen molar-refractivity contribution >= 4 is 0 Å². The molecule has 0 saturated heterocycles. The first kappa shape index (κ1) is 12.6. The van der Waals surface area contributed by atoms with E-state index >= 15 is 0 Å². The van der Waals surface area contributed by atoms with Crippen molar-refractivity contribution in [2.45, 2.75) is 63.8 Å². The minimum Gasteiger partial charge on any atom is -0.390 e. The van der Waals surface area contributed by atoms with E-state index in [1.54, 1.807) is 0 Å². The molecule has 0 aromatic rings. The van der Waals surface area contributed by atoms with E-state index in [4.69, 9.17) is 0 Å². The van der Waals surface area contributed by atoms with Gasteiger partial charge < -0.3 is 15.3 Å². The van der Waals surface area contributed by atoms with Crippen molar-refractivity contribution in [3.8, 4) is 0 Å². The van der Waals surface area contributed by atoms with Gasteiger partial charge in [-0.25, -0.2) is 0 Å². The van der Waals surface area contributed by atoms with E-state index in [0.29, 0.717) is 18.8 Å². The van der Waals surface area contributed by atoms with E-state index in [9.17, 15) is 15.3 Å². The Bertz CT molecular complexity index is 418. The van der Waals surface area contributed by atoms with Gasteiger partial charge in [0, 0.05) is 11.3 Å². The quantitative estimate of drug-likeness (QED) is 0.574. The number of rotatable bonds is 0. The van der Waals surface area contributed by atoms with Crippen molar-refractivity contribution in [3.05, 3.63) is 11.6 Å². The van der Waals surface area contributed by atoms with Crippen LogP contribution in [0.3, 0.4) is 0 Å². The number of aliphatic hydroxyl groups excluding tert-OH is 1. The lowest BCUT2D eigenvalue weighted by molar-refractivity contribution is -0.259. The van der Waals surface area contributed by atoms with Crippen LogP contribution in [0.2, 0.25) is 0 Å². The van der Waals surface area contributed by atoms with E-state index in [2.05, 4.69) is 13.8 Å². The molecule has 2 saturated carbocycles. The number of aliphatic hydroxyl groups is 3. The van der Waals surface area contributed by atoms with Gasteiger partial charge in [0.2, 0.25) is 0 Å². The molecular weight excluding hydrogens is 228 g/mol. The van der Waals surface area contributed by atoms with E-state index in [1.165, 1.54) is 0 Å². The molecule has 6 atom stereocenters. The second-order valence-corrected chi connectivity index (χ2v) is 6.95. The molecule has 0 heterocycles. The summed E-state index contributed by atoms with van der Waals surface area (Å²) in [6.45, 7) is 6.20. The molecular formula is C15H24O3. The zero-order chi connectivity index (χ0) is 13.3. The Kier molecular flexibility index (Phi) is 2.38. The zero-order valence-corrected chi connectivity index (χ0v) is 11.5. The zero-order valence-electron chi connectivity index (χ0n) is 11.5. The highest BCUT2D eigenvalue weighted by molar-refractivity contribution is 5.36. The summed E-state index contributed by atoms with van der Waals surface area (Å²) in [5.74, 6) is 0.188. The first-order chi connectivity index (χ1) is 8.27. The maximum absolute atomic E-state index is 11.2. The van der Waals surface area contributed by atoms with Gasteiger partial charge in [0.15, 0.2) is 0 Å². The van der Waals surface area contributed by atoms with E-state index in [-0.39, 0.29) is 11.3 Å². The number of hydrogen-bond donors (Lipinski definition) is 3. The van der Waals surface area contributed by atoms with Crippen LogP contribution in [0.15, 0.2) is 11.6 Å². The molecule has 102 valence electrons. The fourth-order valence-corrected chi connectivity index (χ4v) is 4.96. The van der Waals surface area contributed by atoms with Crippen LogP contribution < -0.4 is 0 Å². The lowest BCUT2D eigenvalue weighted by Gasteiger charge is -2.66. The average Bonchev–Trinajstić information content (AvgIpc) is 2.30. The van der Waals surface area contributed by atoms with Gasteiger partial charge >= 0.3 is 0 Å². The topological polar surface area (TPSA) is 60.7 Å². The lowest BCUT2D eigenvalue weighted by atomic mass is 9.43. The highest BCUT2D eigenvalue weighted by Crippen LogP contribution is 2.64. The van der Waals surface area contributed by atoms with Crippen molar-refractivity contribution in [3.63, 3.8) is 0 Å². The Morgan fingerprint density at radius 1 is 1.22 bits per heavy atom. The average molecular weight is 252 g/mol. The van der Waals surface area contributed by atoms with Crippen LogP contribution in [0.5, 0.6) is 0 Å². The predicted molar refractivity (Wildman–Crippen MR) is 68.9 cm³/mol. The number of hydrogen-bond acceptors (Lipinski definition) is 3. The Balaban J connectivity index is 2.24. The molecule has 3 aliphatic carbocycles. The van der Waals surface area contributed by atoms with Crippen LogP contribution >= 0.6 is 0 Å². The van der Waals surface area contributed by atoms with Crippen molar-refractivity contribution in [1.82, 2.24) is 0 Å². The third kappa shape index (κ3) is 1.12. The van der Waals surface area contributed by atoms with Crippen LogP contribution in [-0.4, -0.2) is 32.6 Å². The Labute approximate surface area is 109 Å². The van der Waals surface area contributed by atoms with Gasteiger partial charge in [-0.2, -0.15) is 0 Å². The Hall–Kier alpha value is -0.380. The molecule has 0 spiro atoms. The molecule has 3 rings (SSSR count). The molecule has 3 aliphatic rings. The first-order valence-electron chi connectivity index (χ1n) is 7.09. The summed E-state index contributed by atoms with van der Waals surface area (Å²) in [7, 11) is 0. The molecule has 0 aromatic carbocycles. The van der Waals surface area contributed by atoms with Gasteiger partial charge in [0.1, 0.15) is 5.60 Å². The minimum absolute atomic E-state index is 0.222. The van der Waals surface area contributed by atoms with E-state index in [0.717, 1.165) is 18.4 Å². The molecule has 3 heteroatoms. The van der Waals surface area contributed by atoms with Gasteiger partial charge in [-0.15, -0.1) is 0 Å². The highest BCUT2D eigenvalue weighted by Gasteiger charge is 2.68. The summed E-state index contributed by atoms with van der Waals surface area (Å²) in [5, 5.41) is 32.4. The summed E-state index contributed by atoms with van der Waals surface area (Å²) >= 11 is 0. The third-order valence-corrected chi connectivity index (χ3v) is 6.41. The summed E-state index contributed by atoms with van der Waals surface area (Å²) < 4.78 is 0. The summed E-state index contributed by atoms with van der Waals surface area (Å²) in [6.07, 6.45) is 4.17. The fraction of sp³-hybridized carbons (Fsp3) is 0.867. The minimum atomic E-state index is -1.22. The molecule has 4 bridgehead atoms. The van der Waals surface area contributed by atoms with Gasteiger partial charge in [-0.1, -0.05) is 19.9 Å². The molecule has 3 N–H and O–H groups in total. The molecule has 18 heavy (non-hydrogen) atoms. The van der Waals surface area contributed by atoms with Gasteiger partial charge in [-0.3, -0.25) is 0 Å². The van der Waals surface area contributed by atoms with Crippen molar-refractivity contribution in [1.29, 1.82) is 0 Å². The third-order valence-electron chi connectivity index (χ3n) is 6.41. The predicted octanol–water partition coefficient (Wildman–Crippen LogP) is 1.62. The lowest BCUT2D eigenvalue weighted by Crippen LogP contribution is -2.72. The Morgan fingerprint density at radius 2 is 1.89 bits per heavy atom. The van der Waals surface area contributed by atoms with Crippen LogP contribution in [0.4, 0.5) is 0 Å². The first-order valence-corrected chi connectivity index (χ1v) is 7.09. The van der Waals surface area contributed by atoms with Gasteiger partial charge in [0.25, 0.3) is 0 Å². The van der Waals surface area contributed by atoms with Crippen molar-refractivity contribution in [2.24, 2.45) is 17.3 Å².